The van der Waals surface area contributed by atoms with Gasteiger partial charge >= 0.3 is 0 Å². The van der Waals surface area contributed by atoms with E-state index in [1.54, 1.807) is 6.20 Å². The molecule has 4 nitrogen and oxygen atoms in total. The second-order valence-electron chi connectivity index (χ2n) is 4.30. The highest BCUT2D eigenvalue weighted by Crippen LogP contribution is 2.13. The van der Waals surface area contributed by atoms with E-state index < -0.39 is 0 Å². The molecule has 0 radical (unpaired) electrons. The Kier molecular flexibility index (Phi) is 3.72. The molecule has 2 rings (SSSR count). The van der Waals surface area contributed by atoms with Crippen molar-refractivity contribution in [2.24, 2.45) is 0 Å². The average Bonchev–Trinajstić information content (AvgIpc) is 2.32. The zero-order chi connectivity index (χ0) is 11.4. The van der Waals surface area contributed by atoms with E-state index in [0.29, 0.717) is 6.10 Å². The number of anilines is 1. The van der Waals surface area contributed by atoms with E-state index in [2.05, 4.69) is 15.3 Å². The zero-order valence-corrected chi connectivity index (χ0v) is 9.99. The molecular weight excluding hydrogens is 202 g/mol. The van der Waals surface area contributed by atoms with Crippen molar-refractivity contribution in [3.8, 4) is 0 Å². The van der Waals surface area contributed by atoms with Gasteiger partial charge in [0.1, 0.15) is 5.82 Å². The minimum Gasteiger partial charge on any atom is -0.376 e. The van der Waals surface area contributed by atoms with Gasteiger partial charge < -0.3 is 10.1 Å². The highest BCUT2D eigenvalue weighted by atomic mass is 16.5. The maximum atomic E-state index is 5.64. The monoisotopic (exact) mass is 221 g/mol. The van der Waals surface area contributed by atoms with Crippen molar-refractivity contribution in [3.05, 3.63) is 17.6 Å². The maximum absolute atomic E-state index is 5.64. The number of nitrogens with zero attached hydrogens (tertiary/aromatic N) is 2. The van der Waals surface area contributed by atoms with E-state index in [1.165, 1.54) is 12.8 Å². The van der Waals surface area contributed by atoms with Gasteiger partial charge in [-0.05, 0) is 33.1 Å². The fraction of sp³-hybridized carbons (Fsp3) is 0.667. The molecular formula is C12H19N3O. The molecule has 0 spiro atoms. The van der Waals surface area contributed by atoms with Crippen LogP contribution in [0.2, 0.25) is 0 Å². The molecule has 1 unspecified atom stereocenters. The third kappa shape index (κ3) is 2.92. The Morgan fingerprint density at radius 2 is 2.25 bits per heavy atom. The lowest BCUT2D eigenvalue weighted by Gasteiger charge is -2.22. The van der Waals surface area contributed by atoms with E-state index in [-0.39, 0.29) is 0 Å². The van der Waals surface area contributed by atoms with E-state index >= 15 is 0 Å². The summed E-state index contributed by atoms with van der Waals surface area (Å²) in [6.07, 6.45) is 5.72. The highest BCUT2D eigenvalue weighted by Gasteiger charge is 2.13. The van der Waals surface area contributed by atoms with E-state index in [9.17, 15) is 0 Å². The molecule has 0 aliphatic carbocycles. The largest absolute Gasteiger partial charge is 0.376 e. The van der Waals surface area contributed by atoms with E-state index in [0.717, 1.165) is 36.8 Å². The Hall–Kier alpha value is -1.16. The summed E-state index contributed by atoms with van der Waals surface area (Å²) in [5, 5.41) is 3.28. The summed E-state index contributed by atoms with van der Waals surface area (Å²) >= 11 is 0. The van der Waals surface area contributed by atoms with Crippen LogP contribution in [0.4, 0.5) is 5.82 Å². The minimum atomic E-state index is 0.331. The Bertz CT molecular complexity index is 348. The molecule has 16 heavy (non-hydrogen) atoms. The Labute approximate surface area is 96.4 Å². The Morgan fingerprint density at radius 3 is 2.94 bits per heavy atom. The summed E-state index contributed by atoms with van der Waals surface area (Å²) < 4.78 is 5.64. The van der Waals surface area contributed by atoms with Crippen LogP contribution < -0.4 is 5.32 Å². The summed E-state index contributed by atoms with van der Waals surface area (Å²) in [4.78, 5) is 8.70. The molecule has 1 atom stereocenters. The fourth-order valence-electron chi connectivity index (χ4n) is 1.81. The lowest BCUT2D eigenvalue weighted by molar-refractivity contribution is 0.0247. The summed E-state index contributed by atoms with van der Waals surface area (Å²) in [5.41, 5.74) is 1.97. The fourth-order valence-corrected chi connectivity index (χ4v) is 1.81. The number of hydrogen-bond donors (Lipinski definition) is 1. The summed E-state index contributed by atoms with van der Waals surface area (Å²) in [6, 6.07) is 0. The predicted molar refractivity (Wildman–Crippen MR) is 63.6 cm³/mol. The number of ether oxygens (including phenoxy) is 1. The lowest BCUT2D eigenvalue weighted by Crippen LogP contribution is -2.27. The first-order chi connectivity index (χ1) is 7.75. The molecule has 0 amide bonds. The van der Waals surface area contributed by atoms with Crippen molar-refractivity contribution < 1.29 is 4.74 Å². The quantitative estimate of drug-likeness (QED) is 0.848. The Balaban J connectivity index is 1.86. The van der Waals surface area contributed by atoms with Gasteiger partial charge in [-0.15, -0.1) is 0 Å². The van der Waals surface area contributed by atoms with Gasteiger partial charge in [-0.25, -0.2) is 4.98 Å². The second-order valence-corrected chi connectivity index (χ2v) is 4.30. The number of aromatic nitrogens is 2. The van der Waals surface area contributed by atoms with Crippen LogP contribution in [0.3, 0.4) is 0 Å². The summed E-state index contributed by atoms with van der Waals surface area (Å²) in [5.74, 6) is 0.845. The first-order valence-electron chi connectivity index (χ1n) is 5.91. The van der Waals surface area contributed by atoms with Gasteiger partial charge in [0.05, 0.1) is 23.7 Å². The van der Waals surface area contributed by atoms with Crippen LogP contribution in [0.25, 0.3) is 0 Å². The zero-order valence-electron chi connectivity index (χ0n) is 9.99. The van der Waals surface area contributed by atoms with Crippen LogP contribution in [-0.4, -0.2) is 29.2 Å². The van der Waals surface area contributed by atoms with E-state index in [1.807, 2.05) is 13.8 Å². The van der Waals surface area contributed by atoms with Gasteiger partial charge in [0, 0.05) is 13.2 Å². The van der Waals surface area contributed by atoms with Crippen molar-refractivity contribution >= 4 is 5.82 Å². The molecule has 1 aliphatic heterocycles. The molecule has 4 heteroatoms. The van der Waals surface area contributed by atoms with Crippen LogP contribution >= 0.6 is 0 Å². The van der Waals surface area contributed by atoms with Gasteiger partial charge in [0.2, 0.25) is 0 Å². The molecule has 2 heterocycles. The van der Waals surface area contributed by atoms with Crippen molar-refractivity contribution in [1.29, 1.82) is 0 Å². The minimum absolute atomic E-state index is 0.331. The topological polar surface area (TPSA) is 47.0 Å². The first kappa shape index (κ1) is 11.3. The second kappa shape index (κ2) is 5.25. The molecule has 1 fully saturated rings. The van der Waals surface area contributed by atoms with Gasteiger partial charge in [0.15, 0.2) is 0 Å². The van der Waals surface area contributed by atoms with Crippen LogP contribution in [-0.2, 0) is 4.74 Å². The van der Waals surface area contributed by atoms with Crippen molar-refractivity contribution in [1.82, 2.24) is 9.97 Å². The predicted octanol–water partition coefficient (Wildman–Crippen LogP) is 2.07. The van der Waals surface area contributed by atoms with Crippen molar-refractivity contribution in [3.63, 3.8) is 0 Å². The van der Waals surface area contributed by atoms with Crippen LogP contribution in [0.15, 0.2) is 6.20 Å². The standard InChI is InChI=1S/C12H19N3O/c1-9-10(2)15-12(8-13-9)14-7-11-5-3-4-6-16-11/h8,11H,3-7H2,1-2H3,(H,14,15). The first-order valence-corrected chi connectivity index (χ1v) is 5.91. The SMILES string of the molecule is Cc1ncc(NCC2CCCCO2)nc1C. The third-order valence-corrected chi connectivity index (χ3v) is 2.98. The summed E-state index contributed by atoms with van der Waals surface area (Å²) in [7, 11) is 0. The molecule has 0 saturated carbocycles. The number of hydrogen-bond acceptors (Lipinski definition) is 4. The smallest absolute Gasteiger partial charge is 0.144 e. The van der Waals surface area contributed by atoms with Crippen LogP contribution in [0.5, 0.6) is 0 Å². The molecule has 1 aromatic heterocycles. The highest BCUT2D eigenvalue weighted by molar-refractivity contribution is 5.33. The molecule has 1 N–H and O–H groups in total. The third-order valence-electron chi connectivity index (χ3n) is 2.98. The molecule has 1 saturated heterocycles. The molecule has 1 aromatic rings. The maximum Gasteiger partial charge on any atom is 0.144 e. The molecule has 0 bridgehead atoms. The van der Waals surface area contributed by atoms with Gasteiger partial charge in [-0.3, -0.25) is 4.98 Å². The Morgan fingerprint density at radius 1 is 1.38 bits per heavy atom. The normalized spacial score (nSPS) is 20.8. The number of rotatable bonds is 3. The number of nitrogens with one attached hydrogen (secondary N) is 1. The van der Waals surface area contributed by atoms with Crippen LogP contribution in [0, 0.1) is 13.8 Å². The van der Waals surface area contributed by atoms with Gasteiger partial charge in [0.25, 0.3) is 0 Å². The van der Waals surface area contributed by atoms with Crippen molar-refractivity contribution in [2.45, 2.75) is 39.2 Å². The van der Waals surface area contributed by atoms with E-state index in [4.69, 9.17) is 4.74 Å². The average molecular weight is 221 g/mol. The lowest BCUT2D eigenvalue weighted by atomic mass is 10.1. The van der Waals surface area contributed by atoms with Crippen molar-refractivity contribution in [2.75, 3.05) is 18.5 Å². The van der Waals surface area contributed by atoms with Crippen LogP contribution in [0.1, 0.15) is 30.7 Å². The molecule has 0 aromatic carbocycles. The number of aryl methyl sites for hydroxylation is 2. The molecule has 88 valence electrons. The van der Waals surface area contributed by atoms with Gasteiger partial charge in [-0.1, -0.05) is 0 Å². The summed E-state index contributed by atoms with van der Waals surface area (Å²) in [6.45, 7) is 5.67. The van der Waals surface area contributed by atoms with Gasteiger partial charge in [-0.2, -0.15) is 0 Å². The molecule has 1 aliphatic rings.